The number of carbonyl (C=O) groups is 3. The molecule has 1 fully saturated rings. The van der Waals surface area contributed by atoms with Crippen LogP contribution in [0, 0.1) is 22.7 Å². The Hall–Kier alpha value is -2.41. The van der Waals surface area contributed by atoms with E-state index in [0.29, 0.717) is 5.92 Å². The standard InChI is InChI=1S/C24H33NO6/c1-13-6-5-7-19-23(13,3)9-8-14(2)24(19,4)11-15-20(28)16(10-18(27)21(15)29)25-17(12-26)22(30)31/h6,10,14,17,19,25-26,28H,5,7-9,11-12H2,1-4H3,(H,30,31). The minimum absolute atomic E-state index is 0.0135. The smallest absolute Gasteiger partial charge is 0.328 e. The molecule has 0 aromatic carbocycles. The van der Waals surface area contributed by atoms with Crippen LogP contribution in [0.2, 0.25) is 0 Å². The van der Waals surface area contributed by atoms with Crippen LogP contribution in [0.1, 0.15) is 59.8 Å². The number of hydrogen-bond donors (Lipinski definition) is 4. The van der Waals surface area contributed by atoms with Crippen LogP contribution in [0.4, 0.5) is 0 Å². The van der Waals surface area contributed by atoms with Crippen molar-refractivity contribution < 1.29 is 29.7 Å². The van der Waals surface area contributed by atoms with Crippen LogP contribution in [-0.2, 0) is 14.4 Å². The van der Waals surface area contributed by atoms with E-state index in [9.17, 15) is 29.7 Å². The summed E-state index contributed by atoms with van der Waals surface area (Å²) in [6.45, 7) is 8.04. The van der Waals surface area contributed by atoms with E-state index in [-0.39, 0.29) is 34.4 Å². The van der Waals surface area contributed by atoms with Gasteiger partial charge in [-0.1, -0.05) is 32.4 Å². The quantitative estimate of drug-likeness (QED) is 0.289. The lowest BCUT2D eigenvalue weighted by molar-refractivity contribution is -0.140. The van der Waals surface area contributed by atoms with E-state index in [2.05, 4.69) is 39.1 Å². The summed E-state index contributed by atoms with van der Waals surface area (Å²) in [6.07, 6.45) is 7.46. The maximum absolute atomic E-state index is 12.8. The molecule has 0 amide bonds. The minimum Gasteiger partial charge on any atom is -0.505 e. The van der Waals surface area contributed by atoms with Gasteiger partial charge in [0.1, 0.15) is 11.8 Å². The molecular weight excluding hydrogens is 398 g/mol. The lowest BCUT2D eigenvalue weighted by Crippen LogP contribution is -2.50. The summed E-state index contributed by atoms with van der Waals surface area (Å²) in [4.78, 5) is 36.4. The van der Waals surface area contributed by atoms with Gasteiger partial charge in [-0.15, -0.1) is 0 Å². The molecule has 3 aliphatic carbocycles. The van der Waals surface area contributed by atoms with Gasteiger partial charge in [0.2, 0.25) is 11.6 Å². The number of ketones is 2. The molecule has 0 aromatic rings. The van der Waals surface area contributed by atoms with Crippen molar-refractivity contribution in [2.75, 3.05) is 6.61 Å². The van der Waals surface area contributed by atoms with Gasteiger partial charge in [-0.25, -0.2) is 4.79 Å². The SMILES string of the molecule is CC1=CCCC2C1(C)CCC(C)C2(C)CC1=C(O)C(NC(CO)C(=O)O)=CC(=O)C1=O. The first-order valence-corrected chi connectivity index (χ1v) is 11.0. The van der Waals surface area contributed by atoms with E-state index in [4.69, 9.17) is 0 Å². The van der Waals surface area contributed by atoms with Crippen LogP contribution in [0.5, 0.6) is 0 Å². The van der Waals surface area contributed by atoms with E-state index in [0.717, 1.165) is 31.8 Å². The number of aliphatic hydroxyl groups excluding tert-OH is 2. The third kappa shape index (κ3) is 3.84. The zero-order valence-corrected chi connectivity index (χ0v) is 18.7. The summed E-state index contributed by atoms with van der Waals surface area (Å²) in [7, 11) is 0. The Labute approximate surface area is 182 Å². The molecule has 7 nitrogen and oxygen atoms in total. The number of nitrogens with one attached hydrogen (secondary N) is 1. The molecule has 170 valence electrons. The van der Waals surface area contributed by atoms with Crippen molar-refractivity contribution in [3.8, 4) is 0 Å². The lowest BCUT2D eigenvalue weighted by atomic mass is 9.46. The normalized spacial score (nSPS) is 34.6. The number of allylic oxidation sites excluding steroid dienone is 4. The topological polar surface area (TPSA) is 124 Å². The number of aliphatic carboxylic acids is 1. The fourth-order valence-electron chi connectivity index (χ4n) is 5.92. The molecule has 1 saturated carbocycles. The van der Waals surface area contributed by atoms with Crippen molar-refractivity contribution in [1.82, 2.24) is 5.32 Å². The van der Waals surface area contributed by atoms with Crippen LogP contribution >= 0.6 is 0 Å². The Balaban J connectivity index is 2.00. The highest BCUT2D eigenvalue weighted by Crippen LogP contribution is 2.62. The lowest BCUT2D eigenvalue weighted by Gasteiger charge is -2.58. The molecule has 0 spiro atoms. The van der Waals surface area contributed by atoms with Gasteiger partial charge in [-0.3, -0.25) is 9.59 Å². The van der Waals surface area contributed by atoms with Crippen molar-refractivity contribution in [2.24, 2.45) is 22.7 Å². The Morgan fingerprint density at radius 1 is 1.29 bits per heavy atom. The van der Waals surface area contributed by atoms with E-state index < -0.39 is 35.9 Å². The van der Waals surface area contributed by atoms with Gasteiger partial charge in [-0.2, -0.15) is 0 Å². The van der Waals surface area contributed by atoms with Gasteiger partial charge in [-0.05, 0) is 61.7 Å². The number of carbonyl (C=O) groups excluding carboxylic acids is 2. The van der Waals surface area contributed by atoms with E-state index >= 15 is 0 Å². The van der Waals surface area contributed by atoms with Crippen LogP contribution in [-0.4, -0.2) is 45.5 Å². The number of carboxylic acids is 1. The second-order valence-corrected chi connectivity index (χ2v) is 9.85. The molecule has 0 heterocycles. The summed E-state index contributed by atoms with van der Waals surface area (Å²) in [5.74, 6) is -2.69. The Kier molecular flexibility index (Phi) is 6.20. The number of Topliss-reactive ketones (excluding diaryl/α,β-unsaturated/α-hetero) is 1. The zero-order valence-electron chi connectivity index (χ0n) is 18.7. The summed E-state index contributed by atoms with van der Waals surface area (Å²) in [5.41, 5.74) is 0.964. The molecule has 0 aliphatic heterocycles. The first-order chi connectivity index (χ1) is 14.5. The van der Waals surface area contributed by atoms with E-state index in [1.807, 2.05) is 0 Å². The predicted octanol–water partition coefficient (Wildman–Crippen LogP) is 3.06. The van der Waals surface area contributed by atoms with Crippen molar-refractivity contribution >= 4 is 17.5 Å². The Morgan fingerprint density at radius 2 is 1.97 bits per heavy atom. The molecule has 0 saturated heterocycles. The van der Waals surface area contributed by atoms with Crippen LogP contribution in [0.3, 0.4) is 0 Å². The largest absolute Gasteiger partial charge is 0.505 e. The van der Waals surface area contributed by atoms with Crippen LogP contribution < -0.4 is 5.32 Å². The second-order valence-electron chi connectivity index (χ2n) is 9.85. The van der Waals surface area contributed by atoms with Gasteiger partial charge in [0.15, 0.2) is 0 Å². The molecule has 0 bridgehead atoms. The highest BCUT2D eigenvalue weighted by atomic mass is 16.4. The number of carboxylic acid groups (broad SMARTS) is 1. The highest BCUT2D eigenvalue weighted by Gasteiger charge is 2.54. The molecule has 31 heavy (non-hydrogen) atoms. The van der Waals surface area contributed by atoms with Crippen molar-refractivity contribution in [2.45, 2.75) is 65.8 Å². The maximum Gasteiger partial charge on any atom is 0.328 e. The summed E-state index contributed by atoms with van der Waals surface area (Å²) < 4.78 is 0. The molecule has 4 N–H and O–H groups in total. The molecule has 5 unspecified atom stereocenters. The number of rotatable bonds is 6. The van der Waals surface area contributed by atoms with Crippen molar-refractivity contribution in [1.29, 1.82) is 0 Å². The fraction of sp³-hybridized carbons (Fsp3) is 0.625. The molecule has 0 radical (unpaired) electrons. The van der Waals surface area contributed by atoms with Gasteiger partial charge in [0.05, 0.1) is 12.3 Å². The fourth-order valence-corrected chi connectivity index (χ4v) is 5.92. The second kappa shape index (κ2) is 8.26. The first kappa shape index (κ1) is 23.3. The summed E-state index contributed by atoms with van der Waals surface area (Å²) >= 11 is 0. The third-order valence-electron chi connectivity index (χ3n) is 8.28. The molecule has 3 aliphatic rings. The van der Waals surface area contributed by atoms with Crippen molar-refractivity contribution in [3.05, 3.63) is 34.8 Å². The average molecular weight is 432 g/mol. The van der Waals surface area contributed by atoms with Crippen LogP contribution in [0.25, 0.3) is 0 Å². The molecule has 0 aromatic heterocycles. The highest BCUT2D eigenvalue weighted by molar-refractivity contribution is 6.48. The summed E-state index contributed by atoms with van der Waals surface area (Å²) in [5, 5.41) is 31.8. The third-order valence-corrected chi connectivity index (χ3v) is 8.28. The van der Waals surface area contributed by atoms with Crippen molar-refractivity contribution in [3.63, 3.8) is 0 Å². The van der Waals surface area contributed by atoms with Gasteiger partial charge in [0.25, 0.3) is 0 Å². The Morgan fingerprint density at radius 3 is 2.58 bits per heavy atom. The molecule has 3 rings (SSSR count). The molecule has 5 atom stereocenters. The number of hydrogen-bond acceptors (Lipinski definition) is 6. The Bertz CT molecular complexity index is 900. The number of aliphatic hydroxyl groups is 2. The maximum atomic E-state index is 12.8. The summed E-state index contributed by atoms with van der Waals surface area (Å²) in [6, 6.07) is -1.39. The van der Waals surface area contributed by atoms with Gasteiger partial charge >= 0.3 is 5.97 Å². The average Bonchev–Trinajstić information content (AvgIpc) is 2.71. The zero-order chi connectivity index (χ0) is 23.1. The van der Waals surface area contributed by atoms with E-state index in [1.165, 1.54) is 5.57 Å². The number of fused-ring (bicyclic) bond motifs is 1. The molecular formula is C24H33NO6. The predicted molar refractivity (Wildman–Crippen MR) is 115 cm³/mol. The minimum atomic E-state index is -1.39. The van der Waals surface area contributed by atoms with E-state index in [1.54, 1.807) is 0 Å². The molecule has 7 heteroatoms. The van der Waals surface area contributed by atoms with Gasteiger partial charge < -0.3 is 20.6 Å². The first-order valence-electron chi connectivity index (χ1n) is 11.0. The monoisotopic (exact) mass is 431 g/mol. The van der Waals surface area contributed by atoms with Gasteiger partial charge in [0, 0.05) is 11.6 Å². The van der Waals surface area contributed by atoms with Crippen LogP contribution in [0.15, 0.2) is 34.8 Å².